The number of nitrogens with zero attached hydrogens (tertiary/aromatic N) is 2. The average molecular weight is 358 g/mol. The molecule has 0 aromatic heterocycles. The Morgan fingerprint density at radius 2 is 2.12 bits per heavy atom. The fraction of sp³-hybridized carbons (Fsp3) is 0.882. The molecule has 5 unspecified atom stereocenters. The Balaban J connectivity index is 1.77. The maximum absolute atomic E-state index is 11.1. The van der Waals surface area contributed by atoms with Crippen LogP contribution in [0.25, 0.3) is 0 Å². The average Bonchev–Trinajstić information content (AvgIpc) is 3.09. The van der Waals surface area contributed by atoms with Crippen molar-refractivity contribution in [3.8, 4) is 0 Å². The summed E-state index contributed by atoms with van der Waals surface area (Å²) in [4.78, 5) is 17.7. The van der Waals surface area contributed by atoms with Gasteiger partial charge in [-0.2, -0.15) is 0 Å². The van der Waals surface area contributed by atoms with Crippen LogP contribution >= 0.6 is 12.8 Å². The quantitative estimate of drug-likeness (QED) is 0.516. The molecule has 2 aliphatic heterocycles. The molecule has 1 N–H and O–H groups in total. The maximum Gasteiger partial charge on any atom is 0.229 e. The predicted molar refractivity (Wildman–Crippen MR) is 98.0 cm³/mol. The van der Waals surface area contributed by atoms with E-state index in [2.05, 4.69) is 48.2 Å². The number of amides is 1. The molecule has 0 aliphatic carbocycles. The molecule has 1 amide bonds. The summed E-state index contributed by atoms with van der Waals surface area (Å²) in [6.07, 6.45) is 4.06. The molecule has 0 aromatic carbocycles. The summed E-state index contributed by atoms with van der Waals surface area (Å²) < 4.78 is 14.6. The first kappa shape index (κ1) is 19.5. The molecule has 6 nitrogen and oxygen atoms in total. The maximum atomic E-state index is 11.1. The van der Waals surface area contributed by atoms with Crippen molar-refractivity contribution in [3.05, 3.63) is 0 Å². The number of ether oxygens (including phenoxy) is 2. The lowest BCUT2D eigenvalue weighted by Crippen LogP contribution is -2.50. The van der Waals surface area contributed by atoms with E-state index >= 15 is 0 Å². The SMILES string of the molecule is CC1C(CN2C=NCC2)OC(OCCCCC(=O)NS)C(C)C1C. The highest BCUT2D eigenvalue weighted by atomic mass is 32.1. The molecule has 1 saturated heterocycles. The van der Waals surface area contributed by atoms with Crippen LogP contribution in [0, 0.1) is 17.8 Å². The first-order chi connectivity index (χ1) is 11.5. The Kier molecular flexibility index (Phi) is 7.84. The van der Waals surface area contributed by atoms with Gasteiger partial charge in [0.15, 0.2) is 6.29 Å². The molecule has 2 rings (SSSR count). The third-order valence-corrected chi connectivity index (χ3v) is 5.61. The summed E-state index contributed by atoms with van der Waals surface area (Å²) >= 11 is 3.75. The molecule has 138 valence electrons. The zero-order valence-corrected chi connectivity index (χ0v) is 15.9. The molecule has 24 heavy (non-hydrogen) atoms. The number of hydrogen-bond acceptors (Lipinski definition) is 6. The zero-order chi connectivity index (χ0) is 17.5. The largest absolute Gasteiger partial charge is 0.358 e. The first-order valence-corrected chi connectivity index (χ1v) is 9.41. The van der Waals surface area contributed by atoms with Crippen LogP contribution in [0.4, 0.5) is 0 Å². The number of aliphatic imine (C=N–C) groups is 1. The van der Waals surface area contributed by atoms with Gasteiger partial charge in [0, 0.05) is 32.0 Å². The monoisotopic (exact) mass is 357 g/mol. The Morgan fingerprint density at radius 3 is 2.79 bits per heavy atom. The third kappa shape index (κ3) is 5.36. The highest BCUT2D eigenvalue weighted by Gasteiger charge is 2.40. The Hall–Kier alpha value is -0.790. The topological polar surface area (TPSA) is 63.2 Å². The number of nitrogens with one attached hydrogen (secondary N) is 1. The van der Waals surface area contributed by atoms with E-state index in [9.17, 15) is 4.79 Å². The van der Waals surface area contributed by atoms with Crippen molar-refractivity contribution in [2.24, 2.45) is 22.7 Å². The predicted octanol–water partition coefficient (Wildman–Crippen LogP) is 2.11. The van der Waals surface area contributed by atoms with E-state index in [4.69, 9.17) is 9.47 Å². The van der Waals surface area contributed by atoms with Crippen molar-refractivity contribution in [2.45, 2.75) is 52.4 Å². The van der Waals surface area contributed by atoms with Gasteiger partial charge in [-0.05, 0) is 24.7 Å². The van der Waals surface area contributed by atoms with Gasteiger partial charge in [-0.25, -0.2) is 0 Å². The number of hydrogen-bond donors (Lipinski definition) is 2. The molecule has 2 aliphatic rings. The van der Waals surface area contributed by atoms with Gasteiger partial charge >= 0.3 is 0 Å². The highest BCUT2D eigenvalue weighted by molar-refractivity contribution is 7.78. The lowest BCUT2D eigenvalue weighted by atomic mass is 9.79. The number of unbranched alkanes of at least 4 members (excludes halogenated alkanes) is 1. The van der Waals surface area contributed by atoms with Gasteiger partial charge in [0.2, 0.25) is 5.91 Å². The zero-order valence-electron chi connectivity index (χ0n) is 15.0. The van der Waals surface area contributed by atoms with Crippen molar-refractivity contribution in [1.82, 2.24) is 9.62 Å². The van der Waals surface area contributed by atoms with Gasteiger partial charge in [0.25, 0.3) is 0 Å². The van der Waals surface area contributed by atoms with E-state index in [0.717, 1.165) is 32.5 Å². The van der Waals surface area contributed by atoms with Crippen LogP contribution in [0.5, 0.6) is 0 Å². The number of carbonyl (C=O) groups excluding carboxylic acids is 1. The molecule has 0 aromatic rings. The van der Waals surface area contributed by atoms with Crippen molar-refractivity contribution < 1.29 is 14.3 Å². The minimum atomic E-state index is -0.167. The van der Waals surface area contributed by atoms with Gasteiger partial charge in [0.1, 0.15) is 0 Å². The van der Waals surface area contributed by atoms with E-state index in [-0.39, 0.29) is 18.3 Å². The Bertz CT molecular complexity index is 435. The molecule has 1 fully saturated rings. The summed E-state index contributed by atoms with van der Waals surface area (Å²) in [5.74, 6) is 1.36. The molecule has 0 radical (unpaired) electrons. The Labute approximate surface area is 150 Å². The van der Waals surface area contributed by atoms with Gasteiger partial charge < -0.3 is 19.1 Å². The van der Waals surface area contributed by atoms with E-state index in [1.165, 1.54) is 0 Å². The second-order valence-corrected chi connectivity index (χ2v) is 7.22. The van der Waals surface area contributed by atoms with Gasteiger partial charge in [-0.1, -0.05) is 33.6 Å². The normalized spacial score (nSPS) is 33.0. The lowest BCUT2D eigenvalue weighted by Gasteiger charge is -2.44. The lowest BCUT2D eigenvalue weighted by molar-refractivity contribution is -0.249. The molecule has 0 bridgehead atoms. The number of thiol groups is 1. The summed E-state index contributed by atoms with van der Waals surface area (Å²) in [5.41, 5.74) is 0. The van der Waals surface area contributed by atoms with Crippen LogP contribution < -0.4 is 4.72 Å². The third-order valence-electron chi connectivity index (χ3n) is 5.36. The van der Waals surface area contributed by atoms with Crippen molar-refractivity contribution in [1.29, 1.82) is 0 Å². The van der Waals surface area contributed by atoms with Gasteiger partial charge in [-0.3, -0.25) is 9.79 Å². The molecule has 0 spiro atoms. The first-order valence-electron chi connectivity index (χ1n) is 8.97. The van der Waals surface area contributed by atoms with Crippen LogP contribution in [0.15, 0.2) is 4.99 Å². The molecule has 2 heterocycles. The molecular weight excluding hydrogens is 326 g/mol. The summed E-state index contributed by atoms with van der Waals surface area (Å²) in [7, 11) is 0. The number of carbonyl (C=O) groups is 1. The summed E-state index contributed by atoms with van der Waals surface area (Å²) in [6.45, 7) is 10.1. The van der Waals surface area contributed by atoms with Crippen LogP contribution in [0.3, 0.4) is 0 Å². The molecule has 7 heteroatoms. The molecular formula is C17H31N3O3S. The summed E-state index contributed by atoms with van der Waals surface area (Å²) in [6, 6.07) is 0. The fourth-order valence-electron chi connectivity index (χ4n) is 3.32. The minimum Gasteiger partial charge on any atom is -0.358 e. The molecule has 5 atom stereocenters. The van der Waals surface area contributed by atoms with Gasteiger partial charge in [0.05, 0.1) is 19.0 Å². The van der Waals surface area contributed by atoms with Crippen LogP contribution in [0.1, 0.15) is 40.0 Å². The summed E-state index contributed by atoms with van der Waals surface area (Å²) in [5, 5.41) is 0. The van der Waals surface area contributed by atoms with Crippen molar-refractivity contribution >= 4 is 25.1 Å². The standard InChI is InChI=1S/C17H31N3O3S/c1-12-13(2)15(10-20-8-7-18-11-20)23-17(14(12)3)22-9-5-4-6-16(21)19-24/h11-15,17,24H,4-10H2,1-3H3,(H,19,21). The van der Waals surface area contributed by atoms with E-state index in [0.29, 0.717) is 30.8 Å². The molecule has 0 saturated carbocycles. The van der Waals surface area contributed by atoms with E-state index in [1.54, 1.807) is 0 Å². The van der Waals surface area contributed by atoms with E-state index in [1.807, 2.05) is 6.34 Å². The smallest absolute Gasteiger partial charge is 0.229 e. The van der Waals surface area contributed by atoms with E-state index < -0.39 is 0 Å². The van der Waals surface area contributed by atoms with Crippen LogP contribution in [-0.2, 0) is 14.3 Å². The fourth-order valence-corrected chi connectivity index (χ4v) is 3.43. The second kappa shape index (κ2) is 9.63. The van der Waals surface area contributed by atoms with Crippen LogP contribution in [-0.4, -0.2) is 55.8 Å². The second-order valence-electron chi connectivity index (χ2n) is 7.00. The highest BCUT2D eigenvalue weighted by Crippen LogP contribution is 2.35. The Morgan fingerprint density at radius 1 is 1.33 bits per heavy atom. The minimum absolute atomic E-state index is 0.0459. The van der Waals surface area contributed by atoms with Crippen LogP contribution in [0.2, 0.25) is 0 Å². The van der Waals surface area contributed by atoms with Gasteiger partial charge in [-0.15, -0.1) is 0 Å². The van der Waals surface area contributed by atoms with Crippen molar-refractivity contribution in [2.75, 3.05) is 26.2 Å². The number of rotatable bonds is 8. The van der Waals surface area contributed by atoms with Crippen molar-refractivity contribution in [3.63, 3.8) is 0 Å².